The van der Waals surface area contributed by atoms with Gasteiger partial charge in [-0.3, -0.25) is 0 Å². The zero-order valence-corrected chi connectivity index (χ0v) is 11.6. The van der Waals surface area contributed by atoms with Gasteiger partial charge in [0, 0.05) is 16.6 Å². The van der Waals surface area contributed by atoms with Crippen LogP contribution in [0, 0.1) is 0 Å². The number of rotatable bonds is 6. The predicted octanol–water partition coefficient (Wildman–Crippen LogP) is 2.90. The summed E-state index contributed by atoms with van der Waals surface area (Å²) in [5.74, 6) is 0.796. The van der Waals surface area contributed by atoms with E-state index in [1.54, 1.807) is 13.2 Å². The molecule has 0 aliphatic heterocycles. The fourth-order valence-corrected chi connectivity index (χ4v) is 1.84. The normalized spacial score (nSPS) is 11.8. The molecule has 98 valence electrons. The average molecular weight is 279 g/mol. The molecule has 0 aliphatic rings. The number of unbranched alkanes of at least 4 members (excludes halogenated alkanes) is 1. The second-order valence-electron chi connectivity index (χ2n) is 3.78. The smallest absolute Gasteiger partial charge is 0.123 e. The minimum Gasteiger partial charge on any atom is -0.496 e. The standard InChI is InChI=1S/C12H19ClN2O.ClH/c1-16-12-6-5-9(13)8-10(12)11(15)4-2-3-7-14;/h5-6,8,11H,2-4,7,14-15H2,1H3;1H/t11-;/m1./s1. The Kier molecular flexibility index (Phi) is 8.35. The molecule has 0 aromatic heterocycles. The Balaban J connectivity index is 0.00000256. The van der Waals surface area contributed by atoms with Gasteiger partial charge in [-0.1, -0.05) is 18.0 Å². The molecular formula is C12H20Cl2N2O. The molecule has 4 N–H and O–H groups in total. The van der Waals surface area contributed by atoms with Crippen LogP contribution in [0.3, 0.4) is 0 Å². The maximum atomic E-state index is 6.10. The van der Waals surface area contributed by atoms with Gasteiger partial charge in [-0.2, -0.15) is 0 Å². The Morgan fingerprint density at radius 3 is 2.65 bits per heavy atom. The van der Waals surface area contributed by atoms with Crippen LogP contribution in [0.2, 0.25) is 5.02 Å². The van der Waals surface area contributed by atoms with Gasteiger partial charge in [-0.15, -0.1) is 12.4 Å². The van der Waals surface area contributed by atoms with Gasteiger partial charge in [0.2, 0.25) is 0 Å². The molecule has 5 heteroatoms. The molecule has 0 fully saturated rings. The molecule has 1 aromatic carbocycles. The minimum atomic E-state index is -0.0415. The number of ether oxygens (including phenoxy) is 1. The highest BCUT2D eigenvalue weighted by molar-refractivity contribution is 6.30. The predicted molar refractivity (Wildman–Crippen MR) is 75.1 cm³/mol. The van der Waals surface area contributed by atoms with Crippen LogP contribution in [-0.4, -0.2) is 13.7 Å². The first-order valence-corrected chi connectivity index (χ1v) is 5.86. The number of methoxy groups -OCH3 is 1. The highest BCUT2D eigenvalue weighted by Gasteiger charge is 2.11. The van der Waals surface area contributed by atoms with E-state index < -0.39 is 0 Å². The van der Waals surface area contributed by atoms with Gasteiger partial charge in [0.15, 0.2) is 0 Å². The molecule has 17 heavy (non-hydrogen) atoms. The van der Waals surface area contributed by atoms with E-state index in [2.05, 4.69) is 0 Å². The Morgan fingerprint density at radius 2 is 2.06 bits per heavy atom. The first-order valence-electron chi connectivity index (χ1n) is 5.48. The molecule has 1 rings (SSSR count). The lowest BCUT2D eigenvalue weighted by atomic mass is 10.0. The number of benzene rings is 1. The summed E-state index contributed by atoms with van der Waals surface area (Å²) in [7, 11) is 1.64. The molecule has 0 bridgehead atoms. The third-order valence-electron chi connectivity index (χ3n) is 2.56. The van der Waals surface area contributed by atoms with Crippen LogP contribution in [0.4, 0.5) is 0 Å². The molecule has 0 spiro atoms. The summed E-state index contributed by atoms with van der Waals surface area (Å²) >= 11 is 5.95. The molecule has 0 heterocycles. The van der Waals surface area contributed by atoms with Crippen molar-refractivity contribution in [1.29, 1.82) is 0 Å². The van der Waals surface area contributed by atoms with E-state index >= 15 is 0 Å². The van der Waals surface area contributed by atoms with E-state index in [1.807, 2.05) is 12.1 Å². The van der Waals surface area contributed by atoms with Crippen molar-refractivity contribution in [1.82, 2.24) is 0 Å². The third-order valence-corrected chi connectivity index (χ3v) is 2.80. The van der Waals surface area contributed by atoms with E-state index in [9.17, 15) is 0 Å². The van der Waals surface area contributed by atoms with Crippen LogP contribution >= 0.6 is 24.0 Å². The van der Waals surface area contributed by atoms with Crippen LogP contribution in [-0.2, 0) is 0 Å². The highest BCUT2D eigenvalue weighted by atomic mass is 35.5. The average Bonchev–Trinajstić information content (AvgIpc) is 2.29. The van der Waals surface area contributed by atoms with E-state index in [1.165, 1.54) is 0 Å². The van der Waals surface area contributed by atoms with Crippen molar-refractivity contribution in [2.24, 2.45) is 11.5 Å². The lowest BCUT2D eigenvalue weighted by Crippen LogP contribution is -2.12. The molecule has 1 atom stereocenters. The van der Waals surface area contributed by atoms with E-state index in [4.69, 9.17) is 27.8 Å². The van der Waals surface area contributed by atoms with Crippen molar-refractivity contribution in [2.45, 2.75) is 25.3 Å². The molecule has 0 saturated carbocycles. The fraction of sp³-hybridized carbons (Fsp3) is 0.500. The molecule has 0 radical (unpaired) electrons. The van der Waals surface area contributed by atoms with Crippen molar-refractivity contribution in [3.8, 4) is 5.75 Å². The third kappa shape index (κ3) is 5.13. The van der Waals surface area contributed by atoms with Gasteiger partial charge >= 0.3 is 0 Å². The van der Waals surface area contributed by atoms with Crippen LogP contribution in [0.25, 0.3) is 0 Å². The summed E-state index contributed by atoms with van der Waals surface area (Å²) in [6.45, 7) is 0.708. The van der Waals surface area contributed by atoms with Crippen molar-refractivity contribution in [2.75, 3.05) is 13.7 Å². The Labute approximate surface area is 114 Å². The number of halogens is 2. The molecule has 0 unspecified atom stereocenters. The molecular weight excluding hydrogens is 259 g/mol. The van der Waals surface area contributed by atoms with Gasteiger partial charge in [0.1, 0.15) is 5.75 Å². The quantitative estimate of drug-likeness (QED) is 0.787. The van der Waals surface area contributed by atoms with Gasteiger partial charge in [0.05, 0.1) is 7.11 Å². The Morgan fingerprint density at radius 1 is 1.35 bits per heavy atom. The first kappa shape index (κ1) is 16.5. The van der Waals surface area contributed by atoms with Gasteiger partial charge in [0.25, 0.3) is 0 Å². The largest absolute Gasteiger partial charge is 0.496 e. The second-order valence-corrected chi connectivity index (χ2v) is 4.21. The van der Waals surface area contributed by atoms with Crippen molar-refractivity contribution in [3.05, 3.63) is 28.8 Å². The van der Waals surface area contributed by atoms with Gasteiger partial charge in [-0.05, 0) is 37.6 Å². The van der Waals surface area contributed by atoms with Crippen LogP contribution in [0.15, 0.2) is 18.2 Å². The molecule has 0 amide bonds. The zero-order valence-electron chi connectivity index (χ0n) is 9.99. The summed E-state index contributed by atoms with van der Waals surface area (Å²) in [5, 5.41) is 0.685. The molecule has 0 saturated heterocycles. The number of hydrogen-bond acceptors (Lipinski definition) is 3. The van der Waals surface area contributed by atoms with Crippen LogP contribution < -0.4 is 16.2 Å². The van der Waals surface area contributed by atoms with Crippen molar-refractivity contribution in [3.63, 3.8) is 0 Å². The van der Waals surface area contributed by atoms with Crippen molar-refractivity contribution < 1.29 is 4.74 Å². The number of hydrogen-bond donors (Lipinski definition) is 2. The molecule has 1 aromatic rings. The fourth-order valence-electron chi connectivity index (χ4n) is 1.66. The topological polar surface area (TPSA) is 61.3 Å². The SMILES string of the molecule is COc1ccc(Cl)cc1[C@H](N)CCCCN.Cl. The lowest BCUT2D eigenvalue weighted by Gasteiger charge is -2.15. The summed E-state index contributed by atoms with van der Waals surface area (Å²) in [5.41, 5.74) is 12.5. The maximum absolute atomic E-state index is 6.10. The van der Waals surface area contributed by atoms with Gasteiger partial charge in [-0.25, -0.2) is 0 Å². The van der Waals surface area contributed by atoms with Crippen LogP contribution in [0.5, 0.6) is 5.75 Å². The minimum absolute atomic E-state index is 0. The Bertz CT molecular complexity index is 334. The van der Waals surface area contributed by atoms with Gasteiger partial charge < -0.3 is 16.2 Å². The van der Waals surface area contributed by atoms with E-state index in [0.29, 0.717) is 11.6 Å². The molecule has 3 nitrogen and oxygen atoms in total. The molecule has 0 aliphatic carbocycles. The number of nitrogens with two attached hydrogens (primary N) is 2. The second kappa shape index (κ2) is 8.59. The Hall–Kier alpha value is -0.480. The summed E-state index contributed by atoms with van der Waals surface area (Å²) in [6, 6.07) is 5.48. The van der Waals surface area contributed by atoms with Crippen molar-refractivity contribution >= 4 is 24.0 Å². The summed E-state index contributed by atoms with van der Waals surface area (Å²) in [4.78, 5) is 0. The van der Waals surface area contributed by atoms with Crippen LogP contribution in [0.1, 0.15) is 30.9 Å². The summed E-state index contributed by atoms with van der Waals surface area (Å²) in [6.07, 6.45) is 2.91. The highest BCUT2D eigenvalue weighted by Crippen LogP contribution is 2.29. The van der Waals surface area contributed by atoms with E-state index in [0.717, 1.165) is 30.6 Å². The maximum Gasteiger partial charge on any atom is 0.123 e. The first-order chi connectivity index (χ1) is 7.69. The summed E-state index contributed by atoms with van der Waals surface area (Å²) < 4.78 is 5.26. The lowest BCUT2D eigenvalue weighted by molar-refractivity contribution is 0.403. The van der Waals surface area contributed by atoms with E-state index in [-0.39, 0.29) is 18.4 Å². The zero-order chi connectivity index (χ0) is 12.0. The monoisotopic (exact) mass is 278 g/mol.